The standard InChI is InChI=1S/C9H10N4/c1-2-9(12-5-3-10-7-12)13-6-4-11-8-13/h2-8H,1H3. The summed E-state index contributed by atoms with van der Waals surface area (Å²) in [6.45, 7) is 1.98. The number of hydrogen-bond donors (Lipinski definition) is 0. The van der Waals surface area contributed by atoms with Crippen LogP contribution in [-0.2, 0) is 0 Å². The van der Waals surface area contributed by atoms with Gasteiger partial charge in [-0.25, -0.2) is 9.97 Å². The Morgan fingerprint density at radius 1 is 1.08 bits per heavy atom. The normalized spacial score (nSPS) is 9.92. The number of hydrogen-bond acceptors (Lipinski definition) is 2. The molecule has 0 saturated carbocycles. The molecule has 0 fully saturated rings. The van der Waals surface area contributed by atoms with Gasteiger partial charge in [-0.3, -0.25) is 9.13 Å². The van der Waals surface area contributed by atoms with E-state index < -0.39 is 0 Å². The zero-order valence-corrected chi connectivity index (χ0v) is 7.33. The highest BCUT2D eigenvalue weighted by Crippen LogP contribution is 2.01. The van der Waals surface area contributed by atoms with Crippen molar-refractivity contribution in [3.63, 3.8) is 0 Å². The van der Waals surface area contributed by atoms with Crippen molar-refractivity contribution >= 4 is 0 Å². The van der Waals surface area contributed by atoms with Gasteiger partial charge < -0.3 is 0 Å². The van der Waals surface area contributed by atoms with Crippen LogP contribution in [0.2, 0.25) is 0 Å². The monoisotopic (exact) mass is 174 g/mol. The Kier molecular flexibility index (Phi) is 1.96. The van der Waals surface area contributed by atoms with Crippen LogP contribution in [-0.4, -0.2) is 19.1 Å². The van der Waals surface area contributed by atoms with Crippen LogP contribution < -0.4 is 0 Å². The third-order valence-electron chi connectivity index (χ3n) is 1.80. The van der Waals surface area contributed by atoms with E-state index in [2.05, 4.69) is 9.97 Å². The van der Waals surface area contributed by atoms with Gasteiger partial charge in [0.1, 0.15) is 18.5 Å². The average Bonchev–Trinajstić information content (AvgIpc) is 2.76. The van der Waals surface area contributed by atoms with Crippen LogP contribution >= 0.6 is 0 Å². The van der Waals surface area contributed by atoms with Crippen molar-refractivity contribution in [3.8, 4) is 0 Å². The van der Waals surface area contributed by atoms with Crippen LogP contribution in [0.4, 0.5) is 0 Å². The van der Waals surface area contributed by atoms with Gasteiger partial charge in [0, 0.05) is 24.8 Å². The summed E-state index contributed by atoms with van der Waals surface area (Å²) in [4.78, 5) is 7.98. The predicted octanol–water partition coefficient (Wildman–Crippen LogP) is 1.26. The highest BCUT2D eigenvalue weighted by Gasteiger charge is 1.99. The lowest BCUT2D eigenvalue weighted by Crippen LogP contribution is -2.07. The fourth-order valence-electron chi connectivity index (χ4n) is 1.22. The topological polar surface area (TPSA) is 35.6 Å². The van der Waals surface area contributed by atoms with Crippen molar-refractivity contribution < 1.29 is 0 Å². The zero-order valence-electron chi connectivity index (χ0n) is 7.33. The first-order valence-corrected chi connectivity index (χ1v) is 4.05. The molecular weight excluding hydrogens is 164 g/mol. The molecular formula is C9H10N4. The maximum atomic E-state index is 3.99. The SMILES string of the molecule is CC=C(n1ccnc1)n1ccnc1. The van der Waals surface area contributed by atoms with E-state index in [0.29, 0.717) is 0 Å². The van der Waals surface area contributed by atoms with Crippen molar-refractivity contribution in [2.45, 2.75) is 6.92 Å². The Morgan fingerprint density at radius 2 is 1.62 bits per heavy atom. The second-order valence-corrected chi connectivity index (χ2v) is 2.59. The lowest BCUT2D eigenvalue weighted by molar-refractivity contribution is 0.750. The quantitative estimate of drug-likeness (QED) is 0.687. The van der Waals surface area contributed by atoms with Gasteiger partial charge in [-0.2, -0.15) is 0 Å². The van der Waals surface area contributed by atoms with E-state index in [1.54, 1.807) is 25.0 Å². The Labute approximate surface area is 76.2 Å². The molecule has 4 nitrogen and oxygen atoms in total. The number of nitrogens with zero attached hydrogens (tertiary/aromatic N) is 4. The van der Waals surface area contributed by atoms with Crippen molar-refractivity contribution in [2.24, 2.45) is 0 Å². The molecule has 0 bridgehead atoms. The molecule has 0 N–H and O–H groups in total. The minimum absolute atomic E-state index is 1.02. The van der Waals surface area contributed by atoms with Gasteiger partial charge in [0.25, 0.3) is 0 Å². The van der Waals surface area contributed by atoms with Crippen LogP contribution in [0.1, 0.15) is 6.92 Å². The smallest absolute Gasteiger partial charge is 0.118 e. The molecule has 0 radical (unpaired) electrons. The fourth-order valence-corrected chi connectivity index (χ4v) is 1.22. The Balaban J connectivity index is 2.42. The van der Waals surface area contributed by atoms with Gasteiger partial charge in [-0.1, -0.05) is 0 Å². The van der Waals surface area contributed by atoms with Crippen molar-refractivity contribution in [3.05, 3.63) is 49.3 Å². The molecule has 2 heterocycles. The molecule has 0 aliphatic rings. The third kappa shape index (κ3) is 1.38. The highest BCUT2D eigenvalue weighted by atomic mass is 15.2. The van der Waals surface area contributed by atoms with E-state index >= 15 is 0 Å². The molecule has 2 aromatic heterocycles. The summed E-state index contributed by atoms with van der Waals surface area (Å²) in [6, 6.07) is 0. The molecule has 66 valence electrons. The summed E-state index contributed by atoms with van der Waals surface area (Å²) in [6.07, 6.45) is 12.8. The third-order valence-corrected chi connectivity index (χ3v) is 1.80. The second kappa shape index (κ2) is 3.26. The van der Waals surface area contributed by atoms with Crippen molar-refractivity contribution in [1.82, 2.24) is 19.1 Å². The summed E-state index contributed by atoms with van der Waals surface area (Å²) >= 11 is 0. The maximum absolute atomic E-state index is 3.99. The lowest BCUT2D eigenvalue weighted by Gasteiger charge is -2.07. The van der Waals surface area contributed by atoms with Crippen LogP contribution in [0.15, 0.2) is 43.5 Å². The van der Waals surface area contributed by atoms with E-state index in [9.17, 15) is 0 Å². The summed E-state index contributed by atoms with van der Waals surface area (Å²) in [5.74, 6) is 1.02. The minimum Gasteiger partial charge on any atom is -0.292 e. The molecule has 0 spiro atoms. The first-order chi connectivity index (χ1) is 6.42. The molecule has 0 saturated heterocycles. The summed E-state index contributed by atoms with van der Waals surface area (Å²) in [5.41, 5.74) is 0. The minimum atomic E-state index is 1.02. The Hall–Kier alpha value is -1.84. The van der Waals surface area contributed by atoms with Gasteiger partial charge >= 0.3 is 0 Å². The van der Waals surface area contributed by atoms with Gasteiger partial charge in [0.05, 0.1) is 0 Å². The average molecular weight is 174 g/mol. The number of allylic oxidation sites excluding steroid dienone is 1. The largest absolute Gasteiger partial charge is 0.292 e. The Morgan fingerprint density at radius 3 is 1.92 bits per heavy atom. The van der Waals surface area contributed by atoms with Crippen LogP contribution in [0.5, 0.6) is 0 Å². The van der Waals surface area contributed by atoms with E-state index in [-0.39, 0.29) is 0 Å². The molecule has 0 aliphatic carbocycles. The summed E-state index contributed by atoms with van der Waals surface area (Å²) in [7, 11) is 0. The van der Waals surface area contributed by atoms with Gasteiger partial charge in [0.2, 0.25) is 0 Å². The van der Waals surface area contributed by atoms with Crippen molar-refractivity contribution in [1.29, 1.82) is 0 Å². The zero-order chi connectivity index (χ0) is 9.10. The molecule has 2 aromatic rings. The van der Waals surface area contributed by atoms with Gasteiger partial charge in [0.15, 0.2) is 0 Å². The molecule has 0 aliphatic heterocycles. The highest BCUT2D eigenvalue weighted by molar-refractivity contribution is 4.99. The lowest BCUT2D eigenvalue weighted by atomic mass is 10.5. The second-order valence-electron chi connectivity index (χ2n) is 2.59. The summed E-state index contributed by atoms with van der Waals surface area (Å²) < 4.78 is 3.86. The van der Waals surface area contributed by atoms with Crippen LogP contribution in [0.3, 0.4) is 0 Å². The van der Waals surface area contributed by atoms with Crippen molar-refractivity contribution in [2.75, 3.05) is 0 Å². The number of imidazole rings is 2. The van der Waals surface area contributed by atoms with E-state index in [1.165, 1.54) is 0 Å². The number of rotatable bonds is 2. The predicted molar refractivity (Wildman–Crippen MR) is 48.7 cm³/mol. The molecule has 0 unspecified atom stereocenters. The molecule has 2 rings (SSSR count). The molecule has 13 heavy (non-hydrogen) atoms. The molecule has 0 aromatic carbocycles. The first-order valence-electron chi connectivity index (χ1n) is 4.05. The summed E-state index contributed by atoms with van der Waals surface area (Å²) in [5, 5.41) is 0. The van der Waals surface area contributed by atoms with E-state index in [1.807, 2.05) is 34.5 Å². The van der Waals surface area contributed by atoms with Gasteiger partial charge in [-0.15, -0.1) is 0 Å². The Bertz CT molecular complexity index is 347. The van der Waals surface area contributed by atoms with E-state index in [4.69, 9.17) is 0 Å². The molecule has 0 amide bonds. The van der Waals surface area contributed by atoms with Gasteiger partial charge in [-0.05, 0) is 13.0 Å². The first kappa shape index (κ1) is 7.79. The number of aromatic nitrogens is 4. The van der Waals surface area contributed by atoms with E-state index in [0.717, 1.165) is 5.82 Å². The molecule has 0 atom stereocenters. The fraction of sp³-hybridized carbons (Fsp3) is 0.111. The molecule has 4 heteroatoms. The maximum Gasteiger partial charge on any atom is 0.118 e. The van der Waals surface area contributed by atoms with Crippen LogP contribution in [0, 0.1) is 5.82 Å². The van der Waals surface area contributed by atoms with Crippen LogP contribution in [0.25, 0.3) is 0 Å².